The zero-order valence-electron chi connectivity index (χ0n) is 15.3. The molecule has 1 aromatic carbocycles. The monoisotopic (exact) mass is 364 g/mol. The van der Waals surface area contributed by atoms with Gasteiger partial charge in [0.25, 0.3) is 0 Å². The van der Waals surface area contributed by atoms with Gasteiger partial charge in [0.1, 0.15) is 23.2 Å². The minimum absolute atomic E-state index is 0.0647. The van der Waals surface area contributed by atoms with Crippen molar-refractivity contribution in [3.63, 3.8) is 0 Å². The van der Waals surface area contributed by atoms with E-state index in [4.69, 9.17) is 10.00 Å². The molecule has 0 spiro atoms. The van der Waals surface area contributed by atoms with Crippen molar-refractivity contribution >= 4 is 5.82 Å². The lowest BCUT2D eigenvalue weighted by molar-refractivity contribution is -0.0911. The summed E-state index contributed by atoms with van der Waals surface area (Å²) < 4.78 is 5.52. The fourth-order valence-electron chi connectivity index (χ4n) is 4.16. The minimum atomic E-state index is -0.915. The third-order valence-electron chi connectivity index (χ3n) is 5.64. The number of morpholine rings is 1. The normalized spacial score (nSPS) is 26.5. The Morgan fingerprint density at radius 1 is 1.07 bits per heavy atom. The lowest BCUT2D eigenvalue weighted by Gasteiger charge is -2.50. The molecule has 0 aliphatic carbocycles. The van der Waals surface area contributed by atoms with Crippen LogP contribution in [0.1, 0.15) is 17.7 Å². The van der Waals surface area contributed by atoms with Crippen LogP contribution in [-0.4, -0.2) is 60.4 Å². The van der Waals surface area contributed by atoms with Crippen LogP contribution in [-0.2, 0) is 10.3 Å². The molecule has 2 aliphatic heterocycles. The molecule has 0 unspecified atom stereocenters. The number of aromatic nitrogens is 1. The van der Waals surface area contributed by atoms with E-state index >= 15 is 0 Å². The van der Waals surface area contributed by atoms with Crippen LogP contribution in [0, 0.1) is 11.3 Å². The first-order chi connectivity index (χ1) is 13.2. The molecule has 0 amide bonds. The molecule has 0 bridgehead atoms. The van der Waals surface area contributed by atoms with Gasteiger partial charge in [-0.15, -0.1) is 0 Å². The molecular formula is C21H24N4O2. The molecule has 3 heterocycles. The van der Waals surface area contributed by atoms with Crippen molar-refractivity contribution < 1.29 is 9.84 Å². The molecule has 0 saturated carbocycles. The number of hydrogen-bond donors (Lipinski definition) is 1. The lowest BCUT2D eigenvalue weighted by atomic mass is 9.79. The van der Waals surface area contributed by atoms with Gasteiger partial charge in [-0.05, 0) is 24.1 Å². The van der Waals surface area contributed by atoms with E-state index in [9.17, 15) is 5.11 Å². The Kier molecular flexibility index (Phi) is 5.08. The second kappa shape index (κ2) is 7.65. The Hall–Kier alpha value is -2.46. The number of aliphatic hydroxyl groups is 1. The Balaban J connectivity index is 1.66. The summed E-state index contributed by atoms with van der Waals surface area (Å²) >= 11 is 0. The van der Waals surface area contributed by atoms with Crippen LogP contribution in [0.5, 0.6) is 0 Å². The Bertz CT molecular complexity index is 816. The average molecular weight is 364 g/mol. The van der Waals surface area contributed by atoms with E-state index in [-0.39, 0.29) is 6.04 Å². The first kappa shape index (κ1) is 17.9. The molecule has 2 aliphatic rings. The number of piperidine rings is 1. The highest BCUT2D eigenvalue weighted by Crippen LogP contribution is 2.37. The van der Waals surface area contributed by atoms with Crippen LogP contribution in [0.15, 0.2) is 48.5 Å². The van der Waals surface area contributed by atoms with E-state index in [2.05, 4.69) is 20.9 Å². The molecule has 140 valence electrons. The van der Waals surface area contributed by atoms with Gasteiger partial charge < -0.3 is 14.7 Å². The first-order valence-corrected chi connectivity index (χ1v) is 9.42. The molecule has 0 radical (unpaired) electrons. The van der Waals surface area contributed by atoms with E-state index in [1.165, 1.54) is 0 Å². The van der Waals surface area contributed by atoms with Crippen LogP contribution in [0.25, 0.3) is 0 Å². The van der Waals surface area contributed by atoms with E-state index < -0.39 is 5.60 Å². The third kappa shape index (κ3) is 3.54. The summed E-state index contributed by atoms with van der Waals surface area (Å²) in [6.07, 6.45) is 0.609. The van der Waals surface area contributed by atoms with Crippen LogP contribution >= 0.6 is 0 Å². The summed E-state index contributed by atoms with van der Waals surface area (Å²) in [7, 11) is 0. The number of hydrogen-bond acceptors (Lipinski definition) is 6. The van der Waals surface area contributed by atoms with Crippen molar-refractivity contribution in [2.45, 2.75) is 18.1 Å². The molecular weight excluding hydrogens is 340 g/mol. The highest BCUT2D eigenvalue weighted by atomic mass is 16.5. The fraction of sp³-hybridized carbons (Fsp3) is 0.429. The summed E-state index contributed by atoms with van der Waals surface area (Å²) in [6.45, 7) is 4.33. The largest absolute Gasteiger partial charge is 0.383 e. The maximum atomic E-state index is 11.7. The van der Waals surface area contributed by atoms with Crippen molar-refractivity contribution in [3.05, 3.63) is 59.8 Å². The van der Waals surface area contributed by atoms with E-state index in [1.807, 2.05) is 42.5 Å². The molecule has 2 saturated heterocycles. The van der Waals surface area contributed by atoms with E-state index in [0.29, 0.717) is 38.4 Å². The van der Waals surface area contributed by atoms with Crippen LogP contribution in [0.2, 0.25) is 0 Å². The summed E-state index contributed by atoms with van der Waals surface area (Å²) in [5.41, 5.74) is 0.460. The number of rotatable bonds is 3. The Morgan fingerprint density at radius 2 is 1.85 bits per heavy atom. The smallest absolute Gasteiger partial charge is 0.142 e. The minimum Gasteiger partial charge on any atom is -0.383 e. The Morgan fingerprint density at radius 3 is 2.59 bits per heavy atom. The topological polar surface area (TPSA) is 72.6 Å². The van der Waals surface area contributed by atoms with Crippen LogP contribution < -0.4 is 4.90 Å². The quantitative estimate of drug-likeness (QED) is 0.895. The second-order valence-electron chi connectivity index (χ2n) is 7.14. The van der Waals surface area contributed by atoms with Gasteiger partial charge in [-0.2, -0.15) is 5.26 Å². The first-order valence-electron chi connectivity index (χ1n) is 9.42. The van der Waals surface area contributed by atoms with Crippen LogP contribution in [0.4, 0.5) is 5.82 Å². The van der Waals surface area contributed by atoms with Gasteiger partial charge in [-0.3, -0.25) is 4.90 Å². The molecule has 1 N–H and O–H groups in total. The lowest BCUT2D eigenvalue weighted by Crippen LogP contribution is -2.62. The average Bonchev–Trinajstić information content (AvgIpc) is 2.75. The SMILES string of the molecule is N#Cc1cccc(N2CC[C@](O)(c3ccccc3)[C@H](N3CCOCC3)C2)n1. The standard InChI is InChI=1S/C21H24N4O2/c22-15-18-7-4-8-20(23-18)25-10-9-21(26,17-5-2-1-3-6-17)19(16-25)24-11-13-27-14-12-24/h1-8,19,26H,9-14,16H2/t19-,21+/m1/s1. The van der Waals surface area contributed by atoms with Gasteiger partial charge in [0, 0.05) is 26.2 Å². The van der Waals surface area contributed by atoms with Gasteiger partial charge in [0.15, 0.2) is 0 Å². The van der Waals surface area contributed by atoms with Crippen molar-refractivity contribution in [1.29, 1.82) is 5.26 Å². The fourth-order valence-corrected chi connectivity index (χ4v) is 4.16. The number of nitriles is 1. The maximum absolute atomic E-state index is 11.7. The number of nitrogens with zero attached hydrogens (tertiary/aromatic N) is 4. The van der Waals surface area contributed by atoms with Crippen molar-refractivity contribution in [1.82, 2.24) is 9.88 Å². The maximum Gasteiger partial charge on any atom is 0.142 e. The molecule has 27 heavy (non-hydrogen) atoms. The van der Waals surface area contributed by atoms with Gasteiger partial charge in [0.2, 0.25) is 0 Å². The van der Waals surface area contributed by atoms with Crippen molar-refractivity contribution in [2.75, 3.05) is 44.3 Å². The molecule has 6 heteroatoms. The van der Waals surface area contributed by atoms with Crippen LogP contribution in [0.3, 0.4) is 0 Å². The number of ether oxygens (including phenoxy) is 1. The molecule has 6 nitrogen and oxygen atoms in total. The summed E-state index contributed by atoms with van der Waals surface area (Å²) in [6, 6.07) is 17.5. The third-order valence-corrected chi connectivity index (χ3v) is 5.64. The predicted molar refractivity (Wildman–Crippen MR) is 102 cm³/mol. The van der Waals surface area contributed by atoms with Crippen molar-refractivity contribution in [3.8, 4) is 6.07 Å². The van der Waals surface area contributed by atoms with E-state index in [1.54, 1.807) is 6.07 Å². The highest BCUT2D eigenvalue weighted by molar-refractivity contribution is 5.44. The second-order valence-corrected chi connectivity index (χ2v) is 7.14. The zero-order chi connectivity index (χ0) is 18.7. The highest BCUT2D eigenvalue weighted by Gasteiger charge is 2.46. The molecule has 2 fully saturated rings. The molecule has 2 atom stereocenters. The number of pyridine rings is 1. The number of anilines is 1. The van der Waals surface area contributed by atoms with E-state index in [0.717, 1.165) is 24.5 Å². The van der Waals surface area contributed by atoms with Gasteiger partial charge in [0.05, 0.1) is 19.3 Å². The number of benzene rings is 1. The molecule has 4 rings (SSSR count). The van der Waals surface area contributed by atoms with Gasteiger partial charge in [-0.1, -0.05) is 36.4 Å². The van der Waals surface area contributed by atoms with Crippen molar-refractivity contribution in [2.24, 2.45) is 0 Å². The van der Waals surface area contributed by atoms with Gasteiger partial charge >= 0.3 is 0 Å². The summed E-state index contributed by atoms with van der Waals surface area (Å²) in [5.74, 6) is 0.794. The summed E-state index contributed by atoms with van der Waals surface area (Å²) in [4.78, 5) is 8.96. The van der Waals surface area contributed by atoms with Gasteiger partial charge in [-0.25, -0.2) is 4.98 Å². The predicted octanol–water partition coefficient (Wildman–Crippen LogP) is 1.75. The summed E-state index contributed by atoms with van der Waals surface area (Å²) in [5, 5.41) is 20.9. The molecule has 2 aromatic rings. The molecule has 1 aromatic heterocycles. The Labute approximate surface area is 159 Å². The zero-order valence-corrected chi connectivity index (χ0v) is 15.3.